The van der Waals surface area contributed by atoms with E-state index in [4.69, 9.17) is 27.1 Å². The van der Waals surface area contributed by atoms with Crippen molar-refractivity contribution >= 4 is 46.7 Å². The standard InChI is InChI=1S/C37H48N8O8/c1-24(2)16-18-42(33(47)22-43(19-17-34(48)53-40)35(49)26-10-15-30-31(20-26)52-23-51-30)21-32(46)37(4,5)41-27-11-13-28(14-12-27)44(38)36(50)45(39)29-9-7-6-8-25(29)3/h6-15,20,24,41H,16-19,21-23,38-40H2,1-5H3. The Balaban J connectivity index is 1.45. The van der Waals surface area contributed by atoms with Gasteiger partial charge in [0.1, 0.15) is 6.54 Å². The number of fused-ring (bicyclic) bond motifs is 1. The molecule has 16 heteroatoms. The Bertz CT molecular complexity index is 1800. The van der Waals surface area contributed by atoms with Gasteiger partial charge in [0.15, 0.2) is 17.3 Å². The van der Waals surface area contributed by atoms with Crippen molar-refractivity contribution in [2.75, 3.05) is 48.3 Å². The minimum Gasteiger partial charge on any atom is -0.454 e. The fourth-order valence-corrected chi connectivity index (χ4v) is 5.39. The molecule has 0 unspecified atom stereocenters. The van der Waals surface area contributed by atoms with E-state index >= 15 is 0 Å². The quantitative estimate of drug-likeness (QED) is 0.0946. The molecule has 1 aliphatic heterocycles. The number of ether oxygens (including phenoxy) is 2. The first-order chi connectivity index (χ1) is 25.1. The van der Waals surface area contributed by atoms with Crippen molar-refractivity contribution in [3.8, 4) is 11.5 Å². The van der Waals surface area contributed by atoms with Crippen LogP contribution in [0.25, 0.3) is 0 Å². The summed E-state index contributed by atoms with van der Waals surface area (Å²) < 4.78 is 10.7. The predicted octanol–water partition coefficient (Wildman–Crippen LogP) is 3.49. The van der Waals surface area contributed by atoms with Crippen LogP contribution in [0, 0.1) is 12.8 Å². The van der Waals surface area contributed by atoms with Gasteiger partial charge in [-0.05, 0) is 87.2 Å². The summed E-state index contributed by atoms with van der Waals surface area (Å²) in [6.45, 7) is 8.65. The number of benzene rings is 3. The minimum atomic E-state index is -1.15. The summed E-state index contributed by atoms with van der Waals surface area (Å²) in [5, 5.41) is 5.09. The summed E-state index contributed by atoms with van der Waals surface area (Å²) in [5.74, 6) is 16.2. The number of nitrogens with one attached hydrogen (secondary N) is 1. The molecule has 284 valence electrons. The lowest BCUT2D eigenvalue weighted by Gasteiger charge is -2.32. The summed E-state index contributed by atoms with van der Waals surface area (Å²) in [7, 11) is 0. The van der Waals surface area contributed by atoms with Crippen molar-refractivity contribution in [3.63, 3.8) is 0 Å². The predicted molar refractivity (Wildman–Crippen MR) is 198 cm³/mol. The Morgan fingerprint density at radius 3 is 2.21 bits per heavy atom. The highest BCUT2D eigenvalue weighted by atomic mass is 16.7. The van der Waals surface area contributed by atoms with Gasteiger partial charge in [0.25, 0.3) is 5.91 Å². The molecule has 0 bridgehead atoms. The van der Waals surface area contributed by atoms with Crippen LogP contribution in [-0.2, 0) is 19.2 Å². The molecule has 0 aliphatic carbocycles. The smallest absolute Gasteiger partial charge is 0.357 e. The number of aryl methyl sites for hydroxylation is 1. The van der Waals surface area contributed by atoms with Gasteiger partial charge in [0.2, 0.25) is 12.7 Å². The van der Waals surface area contributed by atoms with E-state index in [9.17, 15) is 24.0 Å². The zero-order chi connectivity index (χ0) is 38.9. The lowest BCUT2D eigenvalue weighted by atomic mass is 9.97. The lowest BCUT2D eigenvalue weighted by Crippen LogP contribution is -2.51. The number of hydrogen-bond acceptors (Lipinski definition) is 12. The highest BCUT2D eigenvalue weighted by Crippen LogP contribution is 2.33. The van der Waals surface area contributed by atoms with Gasteiger partial charge in [0, 0.05) is 24.3 Å². The molecule has 16 nitrogen and oxygen atoms in total. The largest absolute Gasteiger partial charge is 0.454 e. The van der Waals surface area contributed by atoms with E-state index in [1.807, 2.05) is 32.9 Å². The summed E-state index contributed by atoms with van der Waals surface area (Å²) in [6.07, 6.45) is 0.344. The Labute approximate surface area is 308 Å². The Morgan fingerprint density at radius 1 is 0.868 bits per heavy atom. The number of urea groups is 1. The summed E-state index contributed by atoms with van der Waals surface area (Å²) in [5.41, 5.74) is 1.30. The van der Waals surface area contributed by atoms with Gasteiger partial charge in [0.05, 0.1) is 29.9 Å². The summed E-state index contributed by atoms with van der Waals surface area (Å²) >= 11 is 0. The van der Waals surface area contributed by atoms with Gasteiger partial charge in [-0.15, -0.1) is 0 Å². The number of Topliss-reactive ketones (excluding diaryl/α,β-unsaturated/α-hetero) is 1. The zero-order valence-corrected chi connectivity index (χ0v) is 30.7. The molecule has 0 saturated carbocycles. The normalized spacial score (nSPS) is 11.9. The van der Waals surface area contributed by atoms with E-state index in [1.165, 1.54) is 21.9 Å². The van der Waals surface area contributed by atoms with Crippen LogP contribution in [0.2, 0.25) is 0 Å². The number of ketones is 1. The molecule has 1 heterocycles. The van der Waals surface area contributed by atoms with Crippen molar-refractivity contribution in [1.29, 1.82) is 0 Å². The molecule has 0 atom stereocenters. The maximum absolute atomic E-state index is 13.9. The van der Waals surface area contributed by atoms with Crippen LogP contribution in [0.1, 0.15) is 56.5 Å². The van der Waals surface area contributed by atoms with Crippen LogP contribution in [0.5, 0.6) is 11.5 Å². The number of amides is 4. The second kappa shape index (κ2) is 17.7. The Morgan fingerprint density at radius 2 is 1.55 bits per heavy atom. The minimum absolute atomic E-state index is 0.0167. The van der Waals surface area contributed by atoms with Gasteiger partial charge >= 0.3 is 12.0 Å². The third-order valence-corrected chi connectivity index (χ3v) is 8.70. The monoisotopic (exact) mass is 732 g/mol. The molecule has 7 N–H and O–H groups in total. The number of para-hydroxylation sites is 1. The van der Waals surface area contributed by atoms with Crippen LogP contribution in [0.4, 0.5) is 21.9 Å². The molecule has 53 heavy (non-hydrogen) atoms. The van der Waals surface area contributed by atoms with E-state index in [0.717, 1.165) is 15.6 Å². The van der Waals surface area contributed by atoms with Crippen molar-refractivity contribution in [1.82, 2.24) is 9.80 Å². The highest BCUT2D eigenvalue weighted by Gasteiger charge is 2.32. The van der Waals surface area contributed by atoms with E-state index in [-0.39, 0.29) is 50.1 Å². The average Bonchev–Trinajstić information content (AvgIpc) is 3.62. The Kier molecular flexibility index (Phi) is 13.4. The van der Waals surface area contributed by atoms with Crippen LogP contribution >= 0.6 is 0 Å². The fourth-order valence-electron chi connectivity index (χ4n) is 5.39. The average molecular weight is 733 g/mol. The first-order valence-electron chi connectivity index (χ1n) is 17.1. The number of hydrazine groups is 2. The third-order valence-electron chi connectivity index (χ3n) is 8.70. The molecular weight excluding hydrogens is 684 g/mol. The maximum Gasteiger partial charge on any atom is 0.357 e. The van der Waals surface area contributed by atoms with E-state index in [1.54, 1.807) is 56.3 Å². The molecule has 4 amide bonds. The summed E-state index contributed by atoms with van der Waals surface area (Å²) in [6, 6.07) is 17.7. The first-order valence-corrected chi connectivity index (χ1v) is 17.1. The van der Waals surface area contributed by atoms with Gasteiger partial charge in [-0.2, -0.15) is 5.90 Å². The number of carbonyl (C=O) groups excluding carboxylic acids is 5. The fraction of sp³-hybridized carbons (Fsp3) is 0.378. The van der Waals surface area contributed by atoms with Crippen molar-refractivity contribution < 1.29 is 38.3 Å². The maximum atomic E-state index is 13.9. The summed E-state index contributed by atoms with van der Waals surface area (Å²) in [4.78, 5) is 73.1. The molecule has 0 spiro atoms. The molecule has 3 aromatic carbocycles. The first kappa shape index (κ1) is 40.1. The van der Waals surface area contributed by atoms with Gasteiger partial charge in [-0.1, -0.05) is 32.0 Å². The molecule has 3 aromatic rings. The second-order valence-electron chi connectivity index (χ2n) is 13.6. The van der Waals surface area contributed by atoms with Crippen LogP contribution in [0.15, 0.2) is 66.7 Å². The number of anilines is 3. The number of hydrogen-bond donors (Lipinski definition) is 4. The molecule has 4 rings (SSSR count). The zero-order valence-electron chi connectivity index (χ0n) is 30.7. The van der Waals surface area contributed by atoms with E-state index < -0.39 is 35.9 Å². The number of nitrogens with zero attached hydrogens (tertiary/aromatic N) is 4. The SMILES string of the molecule is Cc1ccccc1N(N)C(=O)N(N)c1ccc(NC(C)(C)C(=O)CN(CCC(C)C)C(=O)CN(CCC(=O)ON)C(=O)c2ccc3c(c2)OCO3)cc1. The molecule has 0 fully saturated rings. The van der Waals surface area contributed by atoms with Gasteiger partial charge in [-0.25, -0.2) is 26.5 Å². The number of nitrogens with two attached hydrogens (primary N) is 3. The van der Waals surface area contributed by atoms with Crippen LogP contribution < -0.4 is 42.4 Å². The van der Waals surface area contributed by atoms with Crippen molar-refractivity contribution in [3.05, 3.63) is 77.9 Å². The Hall–Kier alpha value is -5.71. The molecule has 0 aromatic heterocycles. The van der Waals surface area contributed by atoms with E-state index in [0.29, 0.717) is 35.0 Å². The number of carbonyl (C=O) groups is 5. The third kappa shape index (κ3) is 10.4. The lowest BCUT2D eigenvalue weighted by molar-refractivity contribution is -0.144. The highest BCUT2D eigenvalue weighted by molar-refractivity contribution is 6.02. The molecule has 0 saturated heterocycles. The van der Waals surface area contributed by atoms with Crippen molar-refractivity contribution in [2.45, 2.75) is 53.0 Å². The van der Waals surface area contributed by atoms with Crippen LogP contribution in [0.3, 0.4) is 0 Å². The molecule has 1 aliphatic rings. The van der Waals surface area contributed by atoms with Gasteiger partial charge in [-0.3, -0.25) is 19.2 Å². The number of rotatable bonds is 16. The topological polar surface area (TPSA) is 216 Å². The molecular formula is C37H48N8O8. The van der Waals surface area contributed by atoms with E-state index in [2.05, 4.69) is 10.2 Å². The van der Waals surface area contributed by atoms with Crippen molar-refractivity contribution in [2.24, 2.45) is 23.5 Å². The second-order valence-corrected chi connectivity index (χ2v) is 13.6. The molecule has 0 radical (unpaired) electrons. The van der Waals surface area contributed by atoms with Crippen LogP contribution in [-0.4, -0.2) is 77.9 Å². The van der Waals surface area contributed by atoms with Gasteiger partial charge < -0.3 is 29.4 Å².